The largest absolute Gasteiger partial charge is 0.493 e. The van der Waals surface area contributed by atoms with Gasteiger partial charge in [-0.15, -0.1) is 0 Å². The van der Waals surface area contributed by atoms with Gasteiger partial charge in [0.15, 0.2) is 11.5 Å². The van der Waals surface area contributed by atoms with Crippen LogP contribution < -0.4 is 14.2 Å². The Bertz CT molecular complexity index is 482. The Morgan fingerprint density at radius 1 is 1.09 bits per heavy atom. The Labute approximate surface area is 132 Å². The molecule has 1 saturated heterocycles. The maximum Gasteiger partial charge on any atom is 0.203 e. The van der Waals surface area contributed by atoms with E-state index in [1.165, 1.54) is 31.7 Å². The SMILES string of the molecule is COc1cc(CCCN2CCN(C)CC2)cc2c1OCCO2. The zero-order chi connectivity index (χ0) is 15.4. The molecule has 5 nitrogen and oxygen atoms in total. The van der Waals surface area contributed by atoms with E-state index >= 15 is 0 Å². The highest BCUT2D eigenvalue weighted by molar-refractivity contribution is 5.54. The summed E-state index contributed by atoms with van der Waals surface area (Å²) in [7, 11) is 3.88. The highest BCUT2D eigenvalue weighted by Crippen LogP contribution is 2.40. The number of likely N-dealkylation sites (N-methyl/N-ethyl adjacent to an activating group) is 1. The number of benzene rings is 1. The molecule has 0 aliphatic carbocycles. The molecular formula is C17H26N2O3. The van der Waals surface area contributed by atoms with Crippen molar-refractivity contribution in [2.45, 2.75) is 12.8 Å². The summed E-state index contributed by atoms with van der Waals surface area (Å²) in [5.74, 6) is 2.35. The minimum atomic E-state index is 0.589. The summed E-state index contributed by atoms with van der Waals surface area (Å²) < 4.78 is 16.8. The fourth-order valence-electron chi connectivity index (χ4n) is 3.05. The number of nitrogens with zero attached hydrogens (tertiary/aromatic N) is 2. The first-order valence-corrected chi connectivity index (χ1v) is 8.13. The third-order valence-corrected chi connectivity index (χ3v) is 4.42. The molecule has 0 amide bonds. The van der Waals surface area contributed by atoms with Crippen LogP contribution in [0.4, 0.5) is 0 Å². The molecule has 1 aromatic carbocycles. The summed E-state index contributed by atoms with van der Waals surface area (Å²) in [6.45, 7) is 7.08. The molecule has 0 radical (unpaired) electrons. The van der Waals surface area contributed by atoms with Gasteiger partial charge in [-0.1, -0.05) is 0 Å². The predicted octanol–water partition coefficient (Wildman–Crippen LogP) is 1.65. The van der Waals surface area contributed by atoms with E-state index in [1.807, 2.05) is 0 Å². The van der Waals surface area contributed by atoms with Crippen molar-refractivity contribution in [3.05, 3.63) is 17.7 Å². The zero-order valence-electron chi connectivity index (χ0n) is 13.6. The van der Waals surface area contributed by atoms with E-state index in [0.29, 0.717) is 13.2 Å². The maximum absolute atomic E-state index is 5.69. The molecule has 1 aromatic rings. The van der Waals surface area contributed by atoms with Gasteiger partial charge in [0, 0.05) is 26.2 Å². The van der Waals surface area contributed by atoms with Crippen LogP contribution in [0.15, 0.2) is 12.1 Å². The molecule has 0 spiro atoms. The first-order valence-electron chi connectivity index (χ1n) is 8.13. The van der Waals surface area contributed by atoms with Gasteiger partial charge >= 0.3 is 0 Å². The van der Waals surface area contributed by atoms with Crippen LogP contribution in [-0.2, 0) is 6.42 Å². The molecule has 0 bridgehead atoms. The van der Waals surface area contributed by atoms with E-state index in [1.54, 1.807) is 7.11 Å². The molecule has 0 aromatic heterocycles. The van der Waals surface area contributed by atoms with E-state index in [9.17, 15) is 0 Å². The number of aryl methyl sites for hydroxylation is 1. The van der Waals surface area contributed by atoms with Crippen LogP contribution >= 0.6 is 0 Å². The minimum Gasteiger partial charge on any atom is -0.493 e. The number of ether oxygens (including phenoxy) is 3. The Kier molecular flexibility index (Phi) is 5.05. The van der Waals surface area contributed by atoms with E-state index in [-0.39, 0.29) is 0 Å². The lowest BCUT2D eigenvalue weighted by atomic mass is 10.1. The van der Waals surface area contributed by atoms with E-state index in [0.717, 1.165) is 36.6 Å². The molecule has 0 unspecified atom stereocenters. The van der Waals surface area contributed by atoms with Crippen molar-refractivity contribution in [2.24, 2.45) is 0 Å². The Balaban J connectivity index is 1.56. The molecule has 22 heavy (non-hydrogen) atoms. The quantitative estimate of drug-likeness (QED) is 0.826. The summed E-state index contributed by atoms with van der Waals surface area (Å²) in [5, 5.41) is 0. The van der Waals surface area contributed by atoms with Gasteiger partial charge in [-0.05, 0) is 44.1 Å². The van der Waals surface area contributed by atoms with Gasteiger partial charge in [-0.2, -0.15) is 0 Å². The fourth-order valence-corrected chi connectivity index (χ4v) is 3.05. The summed E-state index contributed by atoms with van der Waals surface area (Å²) in [6.07, 6.45) is 2.20. The van der Waals surface area contributed by atoms with Crippen molar-refractivity contribution in [3.63, 3.8) is 0 Å². The monoisotopic (exact) mass is 306 g/mol. The van der Waals surface area contributed by atoms with Gasteiger partial charge in [0.2, 0.25) is 5.75 Å². The highest BCUT2D eigenvalue weighted by atomic mass is 16.6. The Hall–Kier alpha value is -1.46. The molecule has 122 valence electrons. The third-order valence-electron chi connectivity index (χ3n) is 4.42. The molecule has 3 rings (SSSR count). The van der Waals surface area contributed by atoms with Crippen molar-refractivity contribution in [2.75, 3.05) is 60.1 Å². The molecule has 2 aliphatic heterocycles. The van der Waals surface area contributed by atoms with Crippen LogP contribution in [0.1, 0.15) is 12.0 Å². The van der Waals surface area contributed by atoms with E-state index < -0.39 is 0 Å². The van der Waals surface area contributed by atoms with Crippen LogP contribution in [0.5, 0.6) is 17.2 Å². The van der Waals surface area contributed by atoms with Crippen LogP contribution in [0, 0.1) is 0 Å². The maximum atomic E-state index is 5.69. The summed E-state index contributed by atoms with van der Waals surface area (Å²) in [4.78, 5) is 4.94. The van der Waals surface area contributed by atoms with Gasteiger partial charge in [0.1, 0.15) is 13.2 Å². The van der Waals surface area contributed by atoms with Crippen molar-refractivity contribution in [1.82, 2.24) is 9.80 Å². The van der Waals surface area contributed by atoms with Crippen LogP contribution in [-0.4, -0.2) is 69.9 Å². The molecular weight excluding hydrogens is 280 g/mol. The van der Waals surface area contributed by atoms with Crippen LogP contribution in [0.3, 0.4) is 0 Å². The second-order valence-electron chi connectivity index (χ2n) is 6.07. The smallest absolute Gasteiger partial charge is 0.203 e. The molecule has 2 heterocycles. The zero-order valence-corrected chi connectivity index (χ0v) is 13.6. The second-order valence-corrected chi connectivity index (χ2v) is 6.07. The normalized spacial score (nSPS) is 19.2. The number of hydrogen-bond donors (Lipinski definition) is 0. The van der Waals surface area contributed by atoms with Gasteiger partial charge < -0.3 is 24.0 Å². The molecule has 0 N–H and O–H groups in total. The molecule has 5 heteroatoms. The van der Waals surface area contributed by atoms with Gasteiger partial charge in [0.25, 0.3) is 0 Å². The Morgan fingerprint density at radius 3 is 2.64 bits per heavy atom. The third kappa shape index (κ3) is 3.65. The topological polar surface area (TPSA) is 34.2 Å². The minimum absolute atomic E-state index is 0.589. The van der Waals surface area contributed by atoms with E-state index in [4.69, 9.17) is 14.2 Å². The van der Waals surface area contributed by atoms with Crippen LogP contribution in [0.25, 0.3) is 0 Å². The van der Waals surface area contributed by atoms with Crippen molar-refractivity contribution in [3.8, 4) is 17.2 Å². The lowest BCUT2D eigenvalue weighted by Gasteiger charge is -2.32. The van der Waals surface area contributed by atoms with Gasteiger partial charge in [-0.25, -0.2) is 0 Å². The summed E-state index contributed by atoms with van der Waals surface area (Å²) >= 11 is 0. The van der Waals surface area contributed by atoms with Crippen molar-refractivity contribution >= 4 is 0 Å². The molecule has 1 fully saturated rings. The number of piperazine rings is 1. The molecule has 0 atom stereocenters. The first kappa shape index (κ1) is 15.4. The standard InChI is InChI=1S/C17H26N2O3/c1-18-6-8-19(9-7-18)5-3-4-14-12-15(20-2)17-16(13-14)21-10-11-22-17/h12-13H,3-11H2,1-2H3. The van der Waals surface area contributed by atoms with E-state index in [2.05, 4.69) is 29.0 Å². The average Bonchev–Trinajstić information content (AvgIpc) is 2.56. The second kappa shape index (κ2) is 7.20. The first-order chi connectivity index (χ1) is 10.8. The van der Waals surface area contributed by atoms with Gasteiger partial charge in [0.05, 0.1) is 7.11 Å². The fraction of sp³-hybridized carbons (Fsp3) is 0.647. The average molecular weight is 306 g/mol. The number of fused-ring (bicyclic) bond motifs is 1. The van der Waals surface area contributed by atoms with Crippen LogP contribution in [0.2, 0.25) is 0 Å². The summed E-state index contributed by atoms with van der Waals surface area (Å²) in [5.41, 5.74) is 1.26. The lowest BCUT2D eigenvalue weighted by Crippen LogP contribution is -2.44. The molecule has 2 aliphatic rings. The Morgan fingerprint density at radius 2 is 1.86 bits per heavy atom. The number of hydrogen-bond acceptors (Lipinski definition) is 5. The molecule has 0 saturated carbocycles. The van der Waals surface area contributed by atoms with Gasteiger partial charge in [-0.3, -0.25) is 0 Å². The number of methoxy groups -OCH3 is 1. The highest BCUT2D eigenvalue weighted by Gasteiger charge is 2.18. The van der Waals surface area contributed by atoms with Crippen molar-refractivity contribution < 1.29 is 14.2 Å². The number of rotatable bonds is 5. The lowest BCUT2D eigenvalue weighted by molar-refractivity contribution is 0.153. The predicted molar refractivity (Wildman–Crippen MR) is 86.2 cm³/mol. The van der Waals surface area contributed by atoms with Crippen molar-refractivity contribution in [1.29, 1.82) is 0 Å². The summed E-state index contributed by atoms with van der Waals surface area (Å²) in [6, 6.07) is 4.18.